The molecular weight excluding hydrogens is 516 g/mol. The highest BCUT2D eigenvalue weighted by molar-refractivity contribution is 5.69. The summed E-state index contributed by atoms with van der Waals surface area (Å²) in [7, 11) is 0. The molecule has 0 radical (unpaired) electrons. The normalized spacial score (nSPS) is 54.2. The van der Waals surface area contributed by atoms with Gasteiger partial charge in [0.25, 0.3) is 0 Å². The van der Waals surface area contributed by atoms with Crippen LogP contribution >= 0.6 is 0 Å². The molecule has 3 N–H and O–H groups in total. The SMILES string of the molecule is CC(CCC(=O)OCOC1C2CC3CC(C2)CC1C3)C1CCC2C3C(O)CC4CC(O)CCC4(C)C3CC(O)C12C. The molecule has 8 saturated carbocycles. The second-order valence-electron chi connectivity index (χ2n) is 16.7. The lowest BCUT2D eigenvalue weighted by Gasteiger charge is -2.63. The molecule has 6 heteroatoms. The van der Waals surface area contributed by atoms with Crippen molar-refractivity contribution in [3.8, 4) is 0 Å². The van der Waals surface area contributed by atoms with Gasteiger partial charge in [0.15, 0.2) is 6.79 Å². The lowest BCUT2D eigenvalue weighted by Crippen LogP contribution is -2.62. The van der Waals surface area contributed by atoms with E-state index in [1.165, 1.54) is 32.1 Å². The summed E-state index contributed by atoms with van der Waals surface area (Å²) in [5, 5.41) is 33.7. The molecule has 0 aromatic heterocycles. The van der Waals surface area contributed by atoms with Crippen LogP contribution in [0.5, 0.6) is 0 Å². The van der Waals surface area contributed by atoms with Crippen LogP contribution < -0.4 is 0 Å². The fourth-order valence-electron chi connectivity index (χ4n) is 13.1. The van der Waals surface area contributed by atoms with Crippen molar-refractivity contribution in [3.63, 3.8) is 0 Å². The maximum atomic E-state index is 12.8. The Morgan fingerprint density at radius 1 is 0.878 bits per heavy atom. The lowest BCUT2D eigenvalue weighted by atomic mass is 9.43. The van der Waals surface area contributed by atoms with Gasteiger partial charge in [-0.1, -0.05) is 20.8 Å². The number of aliphatic hydroxyl groups is 3. The molecule has 0 aromatic rings. The summed E-state index contributed by atoms with van der Waals surface area (Å²) in [4.78, 5) is 12.8. The summed E-state index contributed by atoms with van der Waals surface area (Å²) in [5.41, 5.74) is -0.136. The highest BCUT2D eigenvalue weighted by Crippen LogP contribution is 2.68. The summed E-state index contributed by atoms with van der Waals surface area (Å²) >= 11 is 0. The lowest BCUT2D eigenvalue weighted by molar-refractivity contribution is -0.207. The zero-order valence-electron chi connectivity index (χ0n) is 25.8. The first-order valence-corrected chi connectivity index (χ1v) is 17.4. The Bertz CT molecular complexity index is 956. The van der Waals surface area contributed by atoms with Crippen molar-refractivity contribution in [2.45, 2.75) is 135 Å². The topological polar surface area (TPSA) is 96.2 Å². The van der Waals surface area contributed by atoms with Crippen LogP contribution in [0.15, 0.2) is 0 Å². The van der Waals surface area contributed by atoms with Gasteiger partial charge in [-0.3, -0.25) is 4.79 Å². The van der Waals surface area contributed by atoms with Crippen LogP contribution in [0.4, 0.5) is 0 Å². The maximum absolute atomic E-state index is 12.8. The van der Waals surface area contributed by atoms with Crippen LogP contribution in [0.25, 0.3) is 0 Å². The van der Waals surface area contributed by atoms with Gasteiger partial charge < -0.3 is 24.8 Å². The van der Waals surface area contributed by atoms with E-state index in [1.807, 2.05) is 0 Å². The maximum Gasteiger partial charge on any atom is 0.307 e. The molecule has 6 nitrogen and oxygen atoms in total. The molecule has 232 valence electrons. The number of aliphatic hydroxyl groups excluding tert-OH is 3. The van der Waals surface area contributed by atoms with Crippen molar-refractivity contribution in [2.24, 2.45) is 70.0 Å². The first kappa shape index (κ1) is 29.0. The minimum atomic E-state index is -0.389. The predicted molar refractivity (Wildman–Crippen MR) is 155 cm³/mol. The summed E-state index contributed by atoms with van der Waals surface area (Å²) in [6.45, 7) is 7.03. The van der Waals surface area contributed by atoms with E-state index in [1.54, 1.807) is 0 Å². The number of hydrogen-bond donors (Lipinski definition) is 3. The molecule has 8 fully saturated rings. The molecule has 0 heterocycles. The summed E-state index contributed by atoms with van der Waals surface area (Å²) in [6.07, 6.45) is 13.4. The zero-order chi connectivity index (χ0) is 28.7. The van der Waals surface area contributed by atoms with Crippen molar-refractivity contribution >= 4 is 5.97 Å². The number of carbonyl (C=O) groups is 1. The summed E-state index contributed by atoms with van der Waals surface area (Å²) < 4.78 is 11.8. The number of rotatable bonds is 7. The Labute approximate surface area is 247 Å². The van der Waals surface area contributed by atoms with Gasteiger partial charge in [-0.25, -0.2) is 0 Å². The molecule has 8 aliphatic rings. The number of ether oxygens (including phenoxy) is 2. The van der Waals surface area contributed by atoms with E-state index >= 15 is 0 Å². The summed E-state index contributed by atoms with van der Waals surface area (Å²) in [5.74, 6) is 4.84. The van der Waals surface area contributed by atoms with Crippen LogP contribution in [0.2, 0.25) is 0 Å². The van der Waals surface area contributed by atoms with Gasteiger partial charge in [0.1, 0.15) is 0 Å². The van der Waals surface area contributed by atoms with E-state index in [4.69, 9.17) is 9.47 Å². The van der Waals surface area contributed by atoms with E-state index < -0.39 is 0 Å². The van der Waals surface area contributed by atoms with Crippen molar-refractivity contribution in [3.05, 3.63) is 0 Å². The minimum Gasteiger partial charge on any atom is -0.438 e. The minimum absolute atomic E-state index is 0.0949. The van der Waals surface area contributed by atoms with Crippen molar-refractivity contribution in [1.29, 1.82) is 0 Å². The third-order valence-corrected chi connectivity index (χ3v) is 14.9. The highest BCUT2D eigenvalue weighted by Gasteiger charge is 2.65. The van der Waals surface area contributed by atoms with Crippen molar-refractivity contribution in [1.82, 2.24) is 0 Å². The standard InChI is InChI=1S/C35H56O6/c1-19(4-7-31(39)40-18-41-33-22-11-20-10-21(13-22)14-23(33)12-20)26-5-6-27-32-28(17-30(38)35(26,27)3)34(2)9-8-25(36)15-24(34)16-29(32)37/h19-30,32-33,36-38H,4-18H2,1-3H3. The highest BCUT2D eigenvalue weighted by atomic mass is 16.7. The Balaban J connectivity index is 0.938. The molecule has 8 aliphatic carbocycles. The van der Waals surface area contributed by atoms with Gasteiger partial charge in [0, 0.05) is 6.42 Å². The van der Waals surface area contributed by atoms with Gasteiger partial charge >= 0.3 is 5.97 Å². The Kier molecular flexibility index (Phi) is 7.60. The molecule has 0 saturated heterocycles. The quantitative estimate of drug-likeness (QED) is 0.267. The van der Waals surface area contributed by atoms with Crippen LogP contribution in [-0.2, 0) is 14.3 Å². The molecular formula is C35H56O6. The van der Waals surface area contributed by atoms with Gasteiger partial charge in [0.05, 0.1) is 24.4 Å². The molecule has 0 spiro atoms. The van der Waals surface area contributed by atoms with Gasteiger partial charge in [-0.05, 0) is 153 Å². The Hall–Kier alpha value is -0.690. The number of hydrogen-bond acceptors (Lipinski definition) is 6. The number of esters is 1. The monoisotopic (exact) mass is 572 g/mol. The molecule has 11 unspecified atom stereocenters. The van der Waals surface area contributed by atoms with Crippen LogP contribution in [0, 0.1) is 70.0 Å². The zero-order valence-corrected chi connectivity index (χ0v) is 25.8. The molecule has 4 bridgehead atoms. The van der Waals surface area contributed by atoms with E-state index in [0.717, 1.165) is 63.2 Å². The first-order chi connectivity index (χ1) is 19.6. The van der Waals surface area contributed by atoms with Crippen molar-refractivity contribution in [2.75, 3.05) is 6.79 Å². The average Bonchev–Trinajstić information content (AvgIpc) is 3.28. The first-order valence-electron chi connectivity index (χ1n) is 17.4. The fourth-order valence-corrected chi connectivity index (χ4v) is 13.1. The van der Waals surface area contributed by atoms with Gasteiger partial charge in [0.2, 0.25) is 0 Å². The Morgan fingerprint density at radius 2 is 1.59 bits per heavy atom. The van der Waals surface area contributed by atoms with E-state index in [9.17, 15) is 20.1 Å². The second-order valence-corrected chi connectivity index (χ2v) is 16.7. The van der Waals surface area contributed by atoms with Crippen LogP contribution in [-0.4, -0.2) is 52.5 Å². The molecule has 8 rings (SSSR count). The largest absolute Gasteiger partial charge is 0.438 e. The number of fused-ring (bicyclic) bond motifs is 5. The third-order valence-electron chi connectivity index (χ3n) is 14.9. The van der Waals surface area contributed by atoms with Gasteiger partial charge in [-0.15, -0.1) is 0 Å². The summed E-state index contributed by atoms with van der Waals surface area (Å²) in [6, 6.07) is 0. The van der Waals surface area contributed by atoms with Crippen molar-refractivity contribution < 1.29 is 29.6 Å². The smallest absolute Gasteiger partial charge is 0.307 e. The fraction of sp³-hybridized carbons (Fsp3) is 0.971. The van der Waals surface area contributed by atoms with E-state index in [-0.39, 0.29) is 53.9 Å². The van der Waals surface area contributed by atoms with E-state index in [0.29, 0.717) is 47.8 Å². The number of carbonyl (C=O) groups excluding carboxylic acids is 1. The van der Waals surface area contributed by atoms with E-state index in [2.05, 4.69) is 20.8 Å². The van der Waals surface area contributed by atoms with Crippen LogP contribution in [0.3, 0.4) is 0 Å². The molecule has 11 atom stereocenters. The molecule has 0 aliphatic heterocycles. The van der Waals surface area contributed by atoms with Crippen LogP contribution in [0.1, 0.15) is 111 Å². The Morgan fingerprint density at radius 3 is 2.29 bits per heavy atom. The van der Waals surface area contributed by atoms with Gasteiger partial charge in [-0.2, -0.15) is 0 Å². The molecule has 0 amide bonds. The third kappa shape index (κ3) is 4.75. The molecule has 41 heavy (non-hydrogen) atoms. The molecule has 0 aromatic carbocycles. The second kappa shape index (κ2) is 10.7. The predicted octanol–water partition coefficient (Wildman–Crippen LogP) is 5.71. The average molecular weight is 573 g/mol.